The van der Waals surface area contributed by atoms with Crippen LogP contribution in [0.4, 0.5) is 10.1 Å². The van der Waals surface area contributed by atoms with Gasteiger partial charge >= 0.3 is 0 Å². The molecule has 0 saturated carbocycles. The molecular weight excluding hydrogens is 335 g/mol. The summed E-state index contributed by atoms with van der Waals surface area (Å²) in [7, 11) is 3.45. The smallest absolute Gasteiger partial charge is 0.253 e. The van der Waals surface area contributed by atoms with Crippen LogP contribution in [0.15, 0.2) is 46.9 Å². The predicted molar refractivity (Wildman–Crippen MR) is 85.9 cm³/mol. The molecule has 0 saturated heterocycles. The second kappa shape index (κ2) is 6.72. The van der Waals surface area contributed by atoms with Crippen molar-refractivity contribution in [1.82, 2.24) is 4.90 Å². The Kier molecular flexibility index (Phi) is 4.96. The van der Waals surface area contributed by atoms with E-state index in [1.165, 1.54) is 6.07 Å². The maximum absolute atomic E-state index is 13.1. The molecule has 0 fully saturated rings. The zero-order valence-corrected chi connectivity index (χ0v) is 13.4. The van der Waals surface area contributed by atoms with Crippen molar-refractivity contribution >= 4 is 27.5 Å². The Labute approximate surface area is 131 Å². The molecule has 0 spiro atoms. The number of hydrogen-bond acceptors (Lipinski definition) is 2. The van der Waals surface area contributed by atoms with Gasteiger partial charge in [0.2, 0.25) is 0 Å². The fourth-order valence-electron chi connectivity index (χ4n) is 1.84. The first-order valence-electron chi connectivity index (χ1n) is 6.47. The number of benzene rings is 2. The van der Waals surface area contributed by atoms with Gasteiger partial charge in [-0.25, -0.2) is 4.39 Å². The molecule has 1 N–H and O–H groups in total. The van der Waals surface area contributed by atoms with E-state index >= 15 is 0 Å². The minimum absolute atomic E-state index is 0.0241. The van der Waals surface area contributed by atoms with Crippen LogP contribution < -0.4 is 5.32 Å². The zero-order chi connectivity index (χ0) is 15.4. The Bertz CT molecular complexity index is 641. The van der Waals surface area contributed by atoms with Crippen LogP contribution in [0.25, 0.3) is 0 Å². The molecule has 0 radical (unpaired) electrons. The van der Waals surface area contributed by atoms with E-state index in [2.05, 4.69) is 21.2 Å². The Morgan fingerprint density at radius 3 is 2.43 bits per heavy atom. The van der Waals surface area contributed by atoms with Crippen LogP contribution in [0.1, 0.15) is 15.9 Å². The quantitative estimate of drug-likeness (QED) is 0.906. The van der Waals surface area contributed by atoms with Crippen molar-refractivity contribution in [2.45, 2.75) is 6.54 Å². The fraction of sp³-hybridized carbons (Fsp3) is 0.188. The topological polar surface area (TPSA) is 32.3 Å². The van der Waals surface area contributed by atoms with Gasteiger partial charge in [-0.2, -0.15) is 0 Å². The number of hydrogen-bond donors (Lipinski definition) is 1. The molecule has 110 valence electrons. The van der Waals surface area contributed by atoms with Crippen molar-refractivity contribution in [3.63, 3.8) is 0 Å². The molecule has 0 bridgehead atoms. The molecule has 0 atom stereocenters. The number of nitrogens with zero attached hydrogens (tertiary/aromatic N) is 1. The van der Waals surface area contributed by atoms with Gasteiger partial charge < -0.3 is 10.2 Å². The molecule has 2 rings (SSSR count). The van der Waals surface area contributed by atoms with Crippen molar-refractivity contribution in [3.05, 3.63) is 63.9 Å². The van der Waals surface area contributed by atoms with E-state index in [0.717, 1.165) is 11.3 Å². The van der Waals surface area contributed by atoms with Crippen LogP contribution in [0.5, 0.6) is 0 Å². The monoisotopic (exact) mass is 350 g/mol. The average molecular weight is 351 g/mol. The molecule has 5 heteroatoms. The lowest BCUT2D eigenvalue weighted by molar-refractivity contribution is 0.0827. The van der Waals surface area contributed by atoms with Crippen LogP contribution in [0.2, 0.25) is 0 Å². The van der Waals surface area contributed by atoms with Crippen LogP contribution >= 0.6 is 15.9 Å². The van der Waals surface area contributed by atoms with Crippen LogP contribution in [0.3, 0.4) is 0 Å². The summed E-state index contributed by atoms with van der Waals surface area (Å²) < 4.78 is 13.6. The summed E-state index contributed by atoms with van der Waals surface area (Å²) in [5, 5.41) is 3.23. The average Bonchev–Trinajstić information content (AvgIpc) is 2.48. The summed E-state index contributed by atoms with van der Waals surface area (Å²) in [5.41, 5.74) is 2.53. The summed E-state index contributed by atoms with van der Waals surface area (Å²) in [6.07, 6.45) is 0. The zero-order valence-electron chi connectivity index (χ0n) is 11.9. The van der Waals surface area contributed by atoms with Crippen molar-refractivity contribution in [1.29, 1.82) is 0 Å². The molecule has 2 aromatic rings. The molecule has 2 aromatic carbocycles. The van der Waals surface area contributed by atoms with E-state index in [9.17, 15) is 9.18 Å². The second-order valence-electron chi connectivity index (χ2n) is 4.88. The lowest BCUT2D eigenvalue weighted by Gasteiger charge is -2.11. The highest BCUT2D eigenvalue weighted by atomic mass is 79.9. The third-order valence-electron chi connectivity index (χ3n) is 3.02. The molecule has 0 aliphatic heterocycles. The van der Waals surface area contributed by atoms with Crippen molar-refractivity contribution in [2.24, 2.45) is 0 Å². The van der Waals surface area contributed by atoms with E-state index in [1.807, 2.05) is 12.1 Å². The highest BCUT2D eigenvalue weighted by Gasteiger charge is 2.07. The molecular formula is C16H16BrFN2O. The van der Waals surface area contributed by atoms with Crippen molar-refractivity contribution in [2.75, 3.05) is 19.4 Å². The highest BCUT2D eigenvalue weighted by Crippen LogP contribution is 2.18. The minimum Gasteiger partial charge on any atom is -0.381 e. The minimum atomic E-state index is -0.273. The van der Waals surface area contributed by atoms with E-state index in [0.29, 0.717) is 16.6 Å². The lowest BCUT2D eigenvalue weighted by Crippen LogP contribution is -2.21. The summed E-state index contributed by atoms with van der Waals surface area (Å²) in [6.45, 7) is 0.583. The van der Waals surface area contributed by atoms with E-state index in [-0.39, 0.29) is 11.7 Å². The summed E-state index contributed by atoms with van der Waals surface area (Å²) in [5.74, 6) is -0.297. The Hall–Kier alpha value is -1.88. The number of rotatable bonds is 4. The Morgan fingerprint density at radius 2 is 1.86 bits per heavy atom. The second-order valence-corrected chi connectivity index (χ2v) is 5.73. The number of amides is 1. The van der Waals surface area contributed by atoms with Gasteiger partial charge in [0.25, 0.3) is 5.91 Å². The Balaban J connectivity index is 2.00. The maximum Gasteiger partial charge on any atom is 0.253 e. The van der Waals surface area contributed by atoms with Gasteiger partial charge in [0.05, 0.1) is 4.47 Å². The third kappa shape index (κ3) is 4.04. The first kappa shape index (κ1) is 15.5. The van der Waals surface area contributed by atoms with Gasteiger partial charge in [-0.05, 0) is 57.9 Å². The van der Waals surface area contributed by atoms with Gasteiger partial charge in [-0.1, -0.05) is 6.07 Å². The SMILES string of the molecule is CN(C)C(=O)c1ccc(NCc2ccc(F)c(Br)c2)cc1. The number of carbonyl (C=O) groups excluding carboxylic acids is 1. The molecule has 21 heavy (non-hydrogen) atoms. The molecule has 0 heterocycles. The van der Waals surface area contributed by atoms with E-state index in [1.54, 1.807) is 43.3 Å². The molecule has 1 amide bonds. The van der Waals surface area contributed by atoms with Crippen LogP contribution in [-0.4, -0.2) is 24.9 Å². The molecule has 0 aromatic heterocycles. The maximum atomic E-state index is 13.1. The van der Waals surface area contributed by atoms with Gasteiger partial charge in [0.15, 0.2) is 0 Å². The number of nitrogens with one attached hydrogen (secondary N) is 1. The molecule has 3 nitrogen and oxygen atoms in total. The van der Waals surface area contributed by atoms with Gasteiger partial charge in [-0.3, -0.25) is 4.79 Å². The summed E-state index contributed by atoms with van der Waals surface area (Å²) >= 11 is 3.17. The molecule has 0 aliphatic carbocycles. The standard InChI is InChI=1S/C16H16BrFN2O/c1-20(2)16(21)12-4-6-13(7-5-12)19-10-11-3-8-15(18)14(17)9-11/h3-9,19H,10H2,1-2H3. The van der Waals surface area contributed by atoms with E-state index in [4.69, 9.17) is 0 Å². The first-order valence-corrected chi connectivity index (χ1v) is 7.26. The summed E-state index contributed by atoms with van der Waals surface area (Å²) in [6, 6.07) is 12.2. The van der Waals surface area contributed by atoms with Crippen molar-refractivity contribution < 1.29 is 9.18 Å². The number of halogens is 2. The predicted octanol–water partition coefficient (Wildman–Crippen LogP) is 3.90. The van der Waals surface area contributed by atoms with Crippen LogP contribution in [0, 0.1) is 5.82 Å². The lowest BCUT2D eigenvalue weighted by atomic mass is 10.1. The molecule has 0 aliphatic rings. The van der Waals surface area contributed by atoms with Gasteiger partial charge in [0, 0.05) is 31.9 Å². The highest BCUT2D eigenvalue weighted by molar-refractivity contribution is 9.10. The number of anilines is 1. The van der Waals surface area contributed by atoms with Gasteiger partial charge in [0.1, 0.15) is 5.82 Å². The van der Waals surface area contributed by atoms with E-state index < -0.39 is 0 Å². The largest absolute Gasteiger partial charge is 0.381 e. The third-order valence-corrected chi connectivity index (χ3v) is 3.63. The van der Waals surface area contributed by atoms with Crippen molar-refractivity contribution in [3.8, 4) is 0 Å². The fourth-order valence-corrected chi connectivity index (χ4v) is 2.27. The summed E-state index contributed by atoms with van der Waals surface area (Å²) in [4.78, 5) is 13.3. The molecule has 0 unspecified atom stereocenters. The number of carbonyl (C=O) groups is 1. The normalized spacial score (nSPS) is 10.3. The van der Waals surface area contributed by atoms with Crippen LogP contribution in [-0.2, 0) is 6.54 Å². The first-order chi connectivity index (χ1) is 9.97. The van der Waals surface area contributed by atoms with Gasteiger partial charge in [-0.15, -0.1) is 0 Å². The Morgan fingerprint density at radius 1 is 1.19 bits per heavy atom.